The van der Waals surface area contributed by atoms with Gasteiger partial charge in [-0.1, -0.05) is 12.1 Å². The summed E-state index contributed by atoms with van der Waals surface area (Å²) in [6.07, 6.45) is 0. The van der Waals surface area contributed by atoms with Crippen LogP contribution in [0.2, 0.25) is 0 Å². The molecule has 0 saturated carbocycles. The molecule has 2 aromatic rings. The van der Waals surface area contributed by atoms with Gasteiger partial charge >= 0.3 is 0 Å². The Labute approximate surface area is 127 Å². The number of carbonyl (C=O) groups is 1. The first-order valence-electron chi connectivity index (χ1n) is 7.07. The van der Waals surface area contributed by atoms with Crippen LogP contribution in [0.4, 0.5) is 5.69 Å². The Morgan fingerprint density at radius 3 is 2.91 bits per heavy atom. The molecule has 1 N–H and O–H groups in total. The molecule has 0 atom stereocenters. The van der Waals surface area contributed by atoms with Crippen molar-refractivity contribution in [3.63, 3.8) is 0 Å². The van der Waals surface area contributed by atoms with Crippen molar-refractivity contribution in [3.05, 3.63) is 40.1 Å². The maximum Gasteiger partial charge on any atom is 0.293 e. The van der Waals surface area contributed by atoms with Crippen LogP contribution in [0.25, 0.3) is 10.9 Å². The number of nitro benzene ring substituents is 1. The lowest BCUT2D eigenvalue weighted by atomic mass is 10.1. The van der Waals surface area contributed by atoms with E-state index < -0.39 is 4.92 Å². The molecule has 0 aliphatic carbocycles. The predicted molar refractivity (Wildman–Crippen MR) is 80.9 cm³/mol. The number of nitrogens with one attached hydrogen (secondary N) is 1. The fraction of sp³-hybridized carbons (Fsp3) is 0.400. The molecule has 116 valence electrons. The van der Waals surface area contributed by atoms with Crippen LogP contribution >= 0.6 is 0 Å². The average Bonchev–Trinajstić information content (AvgIpc) is 2.88. The third kappa shape index (κ3) is 2.55. The van der Waals surface area contributed by atoms with E-state index in [1.807, 2.05) is 13.8 Å². The molecule has 0 radical (unpaired) electrons. The van der Waals surface area contributed by atoms with Crippen LogP contribution in [-0.2, 0) is 4.74 Å². The van der Waals surface area contributed by atoms with Gasteiger partial charge in [0.05, 0.1) is 17.1 Å². The third-order valence-corrected chi connectivity index (χ3v) is 3.77. The molecule has 1 aliphatic heterocycles. The highest BCUT2D eigenvalue weighted by molar-refractivity contribution is 6.00. The molecule has 1 aromatic heterocycles. The lowest BCUT2D eigenvalue weighted by Crippen LogP contribution is -2.50. The van der Waals surface area contributed by atoms with Crippen molar-refractivity contribution in [3.8, 4) is 0 Å². The van der Waals surface area contributed by atoms with Crippen LogP contribution < -0.4 is 0 Å². The monoisotopic (exact) mass is 303 g/mol. The van der Waals surface area contributed by atoms with Gasteiger partial charge in [0, 0.05) is 24.5 Å². The SMILES string of the molecule is CC1(C)CN(C(=O)c2cc3cccc([N+](=O)[O-])c3[nH]2)CCO1. The number of H-pyrrole nitrogens is 1. The van der Waals surface area contributed by atoms with E-state index in [-0.39, 0.29) is 17.2 Å². The summed E-state index contributed by atoms with van der Waals surface area (Å²) in [7, 11) is 0. The van der Waals surface area contributed by atoms with Gasteiger partial charge in [-0.15, -0.1) is 0 Å². The van der Waals surface area contributed by atoms with E-state index >= 15 is 0 Å². The van der Waals surface area contributed by atoms with Gasteiger partial charge in [-0.3, -0.25) is 14.9 Å². The highest BCUT2D eigenvalue weighted by Crippen LogP contribution is 2.26. The minimum atomic E-state index is -0.453. The Bertz CT molecular complexity index is 750. The molecular formula is C15H17N3O4. The first-order chi connectivity index (χ1) is 10.4. The maximum absolute atomic E-state index is 12.6. The summed E-state index contributed by atoms with van der Waals surface area (Å²) in [6.45, 7) is 5.35. The molecule has 2 heterocycles. The lowest BCUT2D eigenvalue weighted by molar-refractivity contribution is -0.383. The number of amides is 1. The number of fused-ring (bicyclic) bond motifs is 1. The molecule has 1 aliphatic rings. The number of hydrogen-bond donors (Lipinski definition) is 1. The van der Waals surface area contributed by atoms with Gasteiger partial charge in [0.1, 0.15) is 11.2 Å². The first-order valence-corrected chi connectivity index (χ1v) is 7.07. The normalized spacial score (nSPS) is 17.6. The summed E-state index contributed by atoms with van der Waals surface area (Å²) in [5.41, 5.74) is 0.329. The van der Waals surface area contributed by atoms with E-state index in [9.17, 15) is 14.9 Å². The number of rotatable bonds is 2. The van der Waals surface area contributed by atoms with Crippen LogP contribution in [0, 0.1) is 10.1 Å². The molecule has 7 heteroatoms. The molecule has 1 amide bonds. The fourth-order valence-corrected chi connectivity index (χ4v) is 2.77. The van der Waals surface area contributed by atoms with Crippen molar-refractivity contribution < 1.29 is 14.5 Å². The summed E-state index contributed by atoms with van der Waals surface area (Å²) < 4.78 is 5.60. The van der Waals surface area contributed by atoms with Crippen LogP contribution in [0.1, 0.15) is 24.3 Å². The second-order valence-electron chi connectivity index (χ2n) is 6.02. The number of aromatic amines is 1. The van der Waals surface area contributed by atoms with Crippen molar-refractivity contribution >= 4 is 22.5 Å². The van der Waals surface area contributed by atoms with Gasteiger partial charge in [0.25, 0.3) is 11.6 Å². The van der Waals surface area contributed by atoms with Gasteiger partial charge in [0.2, 0.25) is 0 Å². The number of nitrogens with zero attached hydrogens (tertiary/aromatic N) is 2. The van der Waals surface area contributed by atoms with E-state index in [0.29, 0.717) is 36.3 Å². The Balaban J connectivity index is 1.95. The Morgan fingerprint density at radius 2 is 2.23 bits per heavy atom. The van der Waals surface area contributed by atoms with Crippen LogP contribution in [0.5, 0.6) is 0 Å². The van der Waals surface area contributed by atoms with Crippen molar-refractivity contribution in [2.24, 2.45) is 0 Å². The standard InChI is InChI=1S/C15H17N3O4/c1-15(2)9-17(6-7-22-15)14(19)11-8-10-4-3-5-12(18(20)21)13(10)16-11/h3-5,8,16H,6-7,9H2,1-2H3. The number of carbonyl (C=O) groups excluding carboxylic acids is 1. The second kappa shape index (κ2) is 5.10. The molecule has 0 bridgehead atoms. The Morgan fingerprint density at radius 1 is 1.45 bits per heavy atom. The zero-order valence-electron chi connectivity index (χ0n) is 12.5. The topological polar surface area (TPSA) is 88.5 Å². The number of nitro groups is 1. The average molecular weight is 303 g/mol. The molecular weight excluding hydrogens is 286 g/mol. The quantitative estimate of drug-likeness (QED) is 0.681. The summed E-state index contributed by atoms with van der Waals surface area (Å²) in [6, 6.07) is 6.44. The summed E-state index contributed by atoms with van der Waals surface area (Å²) >= 11 is 0. The number of ether oxygens (including phenoxy) is 1. The van der Waals surface area contributed by atoms with E-state index in [1.165, 1.54) is 6.07 Å². The van der Waals surface area contributed by atoms with Gasteiger partial charge < -0.3 is 14.6 Å². The van der Waals surface area contributed by atoms with E-state index in [2.05, 4.69) is 4.98 Å². The van der Waals surface area contributed by atoms with Crippen LogP contribution in [0.15, 0.2) is 24.3 Å². The number of non-ortho nitro benzene ring substituents is 1. The highest BCUT2D eigenvalue weighted by Gasteiger charge is 2.31. The maximum atomic E-state index is 12.6. The zero-order chi connectivity index (χ0) is 15.9. The largest absolute Gasteiger partial charge is 0.372 e. The number of aromatic nitrogens is 1. The molecule has 1 aromatic carbocycles. The third-order valence-electron chi connectivity index (χ3n) is 3.77. The summed E-state index contributed by atoms with van der Waals surface area (Å²) in [4.78, 5) is 27.8. The Kier molecular flexibility index (Phi) is 3.37. The van der Waals surface area contributed by atoms with Gasteiger partial charge in [0.15, 0.2) is 0 Å². The molecule has 0 spiro atoms. The summed E-state index contributed by atoms with van der Waals surface area (Å²) in [5.74, 6) is -0.165. The molecule has 22 heavy (non-hydrogen) atoms. The molecule has 3 rings (SSSR count). The van der Waals surface area contributed by atoms with Crippen molar-refractivity contribution in [1.29, 1.82) is 0 Å². The lowest BCUT2D eigenvalue weighted by Gasteiger charge is -2.37. The Hall–Kier alpha value is -2.41. The van der Waals surface area contributed by atoms with E-state index in [1.54, 1.807) is 23.1 Å². The minimum Gasteiger partial charge on any atom is -0.372 e. The number of morpholine rings is 1. The van der Waals surface area contributed by atoms with Gasteiger partial charge in [-0.25, -0.2) is 0 Å². The van der Waals surface area contributed by atoms with Crippen molar-refractivity contribution in [2.45, 2.75) is 19.4 Å². The van der Waals surface area contributed by atoms with Gasteiger partial charge in [-0.05, 0) is 19.9 Å². The van der Waals surface area contributed by atoms with Crippen molar-refractivity contribution in [2.75, 3.05) is 19.7 Å². The second-order valence-corrected chi connectivity index (χ2v) is 6.02. The van der Waals surface area contributed by atoms with Crippen molar-refractivity contribution in [1.82, 2.24) is 9.88 Å². The van der Waals surface area contributed by atoms with E-state index in [4.69, 9.17) is 4.74 Å². The van der Waals surface area contributed by atoms with E-state index in [0.717, 1.165) is 0 Å². The zero-order valence-corrected chi connectivity index (χ0v) is 12.5. The van der Waals surface area contributed by atoms with Crippen LogP contribution in [-0.4, -0.2) is 46.0 Å². The first kappa shape index (κ1) is 14.5. The summed E-state index contributed by atoms with van der Waals surface area (Å²) in [5, 5.41) is 11.7. The minimum absolute atomic E-state index is 0.0288. The van der Waals surface area contributed by atoms with Gasteiger partial charge in [-0.2, -0.15) is 0 Å². The molecule has 7 nitrogen and oxygen atoms in total. The smallest absolute Gasteiger partial charge is 0.293 e. The number of para-hydroxylation sites is 1. The highest BCUT2D eigenvalue weighted by atomic mass is 16.6. The molecule has 1 fully saturated rings. The fourth-order valence-electron chi connectivity index (χ4n) is 2.77. The molecule has 0 unspecified atom stereocenters. The van der Waals surface area contributed by atoms with Crippen LogP contribution in [0.3, 0.4) is 0 Å². The number of benzene rings is 1. The molecule has 1 saturated heterocycles. The number of hydrogen-bond acceptors (Lipinski definition) is 4. The predicted octanol–water partition coefficient (Wildman–Crippen LogP) is 2.33.